The number of hydrogen-bond donors (Lipinski definition) is 3. The molecule has 0 saturated heterocycles. The Morgan fingerprint density at radius 3 is 1.05 bits per heavy atom. The molecule has 59 heavy (non-hydrogen) atoms. The van der Waals surface area contributed by atoms with Gasteiger partial charge in [-0.1, -0.05) is 232 Å². The highest BCUT2D eigenvalue weighted by atomic mass is 31.2. The normalized spacial score (nSPS) is 13.6. The number of carbonyl (C=O) groups is 2. The summed E-state index contributed by atoms with van der Waals surface area (Å²) >= 11 is 0. The highest BCUT2D eigenvalue weighted by molar-refractivity contribution is 7.47. The number of hydrogen-bond acceptors (Lipinski definition) is 9. The van der Waals surface area contributed by atoms with Crippen LogP contribution in [0.4, 0.5) is 0 Å². The summed E-state index contributed by atoms with van der Waals surface area (Å²) in [5.74, 6) is -0.903. The fraction of sp³-hybridized carbons (Fsp3) is 0.958. The van der Waals surface area contributed by atoms with Crippen LogP contribution in [0.1, 0.15) is 258 Å². The average molecular weight is 863 g/mol. The van der Waals surface area contributed by atoms with Gasteiger partial charge in [0.15, 0.2) is 6.10 Å². The summed E-state index contributed by atoms with van der Waals surface area (Å²) in [5, 5.41) is 18.4. The van der Waals surface area contributed by atoms with E-state index in [1.165, 1.54) is 186 Å². The number of aliphatic hydroxyl groups excluding tert-OH is 2. The van der Waals surface area contributed by atoms with E-state index in [2.05, 4.69) is 13.8 Å². The zero-order valence-electron chi connectivity index (χ0n) is 38.5. The van der Waals surface area contributed by atoms with Crippen LogP contribution in [-0.2, 0) is 32.7 Å². The second-order valence-corrected chi connectivity index (χ2v) is 18.7. The van der Waals surface area contributed by atoms with Crippen molar-refractivity contribution in [2.24, 2.45) is 0 Å². The molecule has 0 saturated carbocycles. The molecule has 0 aromatic heterocycles. The topological polar surface area (TPSA) is 149 Å². The molecule has 0 aromatic carbocycles. The van der Waals surface area contributed by atoms with Crippen molar-refractivity contribution in [3.8, 4) is 0 Å². The monoisotopic (exact) mass is 863 g/mol. The maximum Gasteiger partial charge on any atom is 0.472 e. The van der Waals surface area contributed by atoms with Gasteiger partial charge in [0.1, 0.15) is 12.7 Å². The lowest BCUT2D eigenvalue weighted by molar-refractivity contribution is -0.161. The minimum Gasteiger partial charge on any atom is -0.462 e. The van der Waals surface area contributed by atoms with E-state index in [1.54, 1.807) is 0 Å². The number of unbranched alkanes of at least 4 members (excludes halogenated alkanes) is 34. The summed E-state index contributed by atoms with van der Waals surface area (Å²) in [6.07, 6.45) is 43.5. The van der Waals surface area contributed by atoms with Crippen molar-refractivity contribution < 1.29 is 47.8 Å². The Morgan fingerprint density at radius 1 is 0.441 bits per heavy atom. The lowest BCUT2D eigenvalue weighted by atomic mass is 10.0. The lowest BCUT2D eigenvalue weighted by Crippen LogP contribution is -2.29. The Labute approximate surface area is 363 Å². The first kappa shape index (κ1) is 58.0. The van der Waals surface area contributed by atoms with Gasteiger partial charge in [0.05, 0.1) is 19.8 Å². The molecule has 0 fully saturated rings. The zero-order chi connectivity index (χ0) is 43.3. The van der Waals surface area contributed by atoms with Gasteiger partial charge in [-0.3, -0.25) is 18.6 Å². The summed E-state index contributed by atoms with van der Waals surface area (Å²) < 4.78 is 32.9. The SMILES string of the molecule is CCCCCCCCCCCCCCCCCCCCCCC(=O)O[C@H](COC(=O)CCCCCCCCCCCCCCCCCC)COP(=O)(O)OC[C@@H](O)CO. The Hall–Kier alpha value is -1.03. The molecule has 10 nitrogen and oxygen atoms in total. The van der Waals surface area contributed by atoms with Gasteiger partial charge in [0.2, 0.25) is 0 Å². The van der Waals surface area contributed by atoms with Crippen LogP contribution in [-0.4, -0.2) is 65.7 Å². The van der Waals surface area contributed by atoms with Gasteiger partial charge in [-0.15, -0.1) is 0 Å². The molecule has 1 unspecified atom stereocenters. The van der Waals surface area contributed by atoms with Crippen molar-refractivity contribution in [2.45, 2.75) is 270 Å². The molecular formula is C48H95O10P. The van der Waals surface area contributed by atoms with Crippen LogP contribution < -0.4 is 0 Å². The molecule has 3 N–H and O–H groups in total. The predicted octanol–water partition coefficient (Wildman–Crippen LogP) is 13.8. The van der Waals surface area contributed by atoms with Crippen molar-refractivity contribution in [3.63, 3.8) is 0 Å². The predicted molar refractivity (Wildman–Crippen MR) is 242 cm³/mol. The van der Waals surface area contributed by atoms with Gasteiger partial charge < -0.3 is 24.6 Å². The van der Waals surface area contributed by atoms with Crippen LogP contribution in [0.25, 0.3) is 0 Å². The third-order valence-corrected chi connectivity index (χ3v) is 12.2. The second kappa shape index (κ2) is 45.0. The molecule has 0 aliphatic carbocycles. The second-order valence-electron chi connectivity index (χ2n) is 17.2. The van der Waals surface area contributed by atoms with Crippen molar-refractivity contribution in [2.75, 3.05) is 26.4 Å². The number of aliphatic hydroxyl groups is 2. The summed E-state index contributed by atoms with van der Waals surface area (Å²) in [5.41, 5.74) is 0. The van der Waals surface area contributed by atoms with E-state index >= 15 is 0 Å². The first-order valence-corrected chi connectivity index (χ1v) is 26.5. The largest absolute Gasteiger partial charge is 0.472 e. The summed E-state index contributed by atoms with van der Waals surface area (Å²) in [4.78, 5) is 35.1. The number of carbonyl (C=O) groups excluding carboxylic acids is 2. The first-order valence-electron chi connectivity index (χ1n) is 25.0. The Morgan fingerprint density at radius 2 is 0.729 bits per heavy atom. The Bertz CT molecular complexity index is 951. The molecule has 0 aliphatic rings. The van der Waals surface area contributed by atoms with E-state index in [-0.39, 0.29) is 19.4 Å². The molecule has 0 heterocycles. The van der Waals surface area contributed by atoms with Gasteiger partial charge in [-0.05, 0) is 12.8 Å². The third-order valence-electron chi connectivity index (χ3n) is 11.3. The van der Waals surface area contributed by atoms with E-state index in [0.29, 0.717) is 12.8 Å². The zero-order valence-corrected chi connectivity index (χ0v) is 39.4. The third kappa shape index (κ3) is 44.8. The van der Waals surface area contributed by atoms with Crippen LogP contribution in [0.3, 0.4) is 0 Å². The van der Waals surface area contributed by atoms with Crippen LogP contribution in [0, 0.1) is 0 Å². The summed E-state index contributed by atoms with van der Waals surface area (Å²) in [7, 11) is -4.61. The van der Waals surface area contributed by atoms with Gasteiger partial charge in [0.25, 0.3) is 0 Å². The fourth-order valence-electron chi connectivity index (χ4n) is 7.41. The van der Waals surface area contributed by atoms with Crippen molar-refractivity contribution >= 4 is 19.8 Å². The number of rotatable bonds is 48. The lowest BCUT2D eigenvalue weighted by Gasteiger charge is -2.20. The molecule has 0 aliphatic heterocycles. The first-order chi connectivity index (χ1) is 28.7. The van der Waals surface area contributed by atoms with E-state index in [1.807, 2.05) is 0 Å². The standard InChI is InChI=1S/C48H95O10P/c1-3-5-7-9-11-13-15-17-19-21-22-23-24-26-28-30-32-34-36-38-40-48(52)58-46(44-57-59(53,54)56-42-45(50)41-49)43-55-47(51)39-37-35-33-31-29-27-25-20-18-16-14-12-10-8-6-4-2/h45-46,49-50H,3-44H2,1-2H3,(H,53,54)/t45-,46+/m0/s1. The molecule has 0 radical (unpaired) electrons. The minimum atomic E-state index is -4.61. The van der Waals surface area contributed by atoms with Crippen LogP contribution >= 0.6 is 7.82 Å². The van der Waals surface area contributed by atoms with E-state index in [0.717, 1.165) is 32.1 Å². The Balaban J connectivity index is 4.14. The van der Waals surface area contributed by atoms with E-state index in [9.17, 15) is 24.2 Å². The molecule has 0 rings (SSSR count). The number of ether oxygens (including phenoxy) is 2. The van der Waals surface area contributed by atoms with Gasteiger partial charge in [-0.2, -0.15) is 0 Å². The average Bonchev–Trinajstić information content (AvgIpc) is 3.22. The van der Waals surface area contributed by atoms with Crippen molar-refractivity contribution in [1.29, 1.82) is 0 Å². The molecule has 352 valence electrons. The summed E-state index contributed by atoms with van der Waals surface area (Å²) in [6.45, 7) is 2.45. The number of phosphoric acid groups is 1. The van der Waals surface area contributed by atoms with Crippen LogP contribution in [0.5, 0.6) is 0 Å². The van der Waals surface area contributed by atoms with Gasteiger partial charge >= 0.3 is 19.8 Å². The van der Waals surface area contributed by atoms with Crippen LogP contribution in [0.2, 0.25) is 0 Å². The summed E-state index contributed by atoms with van der Waals surface area (Å²) in [6, 6.07) is 0. The molecule has 11 heteroatoms. The molecule has 0 amide bonds. The van der Waals surface area contributed by atoms with Gasteiger partial charge in [0, 0.05) is 12.8 Å². The number of phosphoric ester groups is 1. The molecular weight excluding hydrogens is 767 g/mol. The number of esters is 2. The molecule has 0 spiro atoms. The smallest absolute Gasteiger partial charge is 0.462 e. The van der Waals surface area contributed by atoms with Gasteiger partial charge in [-0.25, -0.2) is 4.57 Å². The molecule has 0 aromatic rings. The Kier molecular flexibility index (Phi) is 44.2. The maximum atomic E-state index is 12.7. The van der Waals surface area contributed by atoms with Crippen molar-refractivity contribution in [1.82, 2.24) is 0 Å². The van der Waals surface area contributed by atoms with E-state index < -0.39 is 51.8 Å². The highest BCUT2D eigenvalue weighted by Crippen LogP contribution is 2.43. The highest BCUT2D eigenvalue weighted by Gasteiger charge is 2.27. The molecule has 3 atom stereocenters. The minimum absolute atomic E-state index is 0.193. The fourth-order valence-corrected chi connectivity index (χ4v) is 8.20. The molecule has 0 bridgehead atoms. The van der Waals surface area contributed by atoms with Crippen LogP contribution in [0.15, 0.2) is 0 Å². The quantitative estimate of drug-likeness (QED) is 0.0306. The van der Waals surface area contributed by atoms with E-state index in [4.69, 9.17) is 23.6 Å². The van der Waals surface area contributed by atoms with Crippen molar-refractivity contribution in [3.05, 3.63) is 0 Å². The maximum absolute atomic E-state index is 12.7.